The molecule has 0 heterocycles. The molecule has 25 heavy (non-hydrogen) atoms. The monoisotopic (exact) mass is 354 g/mol. The molecular weight excluding hydrogens is 312 g/mol. The molecule has 0 aromatic carbocycles. The quantitative estimate of drug-likeness (QED) is 0.177. The summed E-state index contributed by atoms with van der Waals surface area (Å²) in [6.45, 7) is 4.89. The lowest BCUT2D eigenvalue weighted by Crippen LogP contribution is -2.05. The molecule has 0 amide bonds. The van der Waals surface area contributed by atoms with Gasteiger partial charge in [0, 0.05) is 6.42 Å². The molecule has 0 aliphatic rings. The molecule has 0 saturated heterocycles. The van der Waals surface area contributed by atoms with Gasteiger partial charge in [0.1, 0.15) is 0 Å². The summed E-state index contributed by atoms with van der Waals surface area (Å²) in [4.78, 5) is 11.4. The van der Waals surface area contributed by atoms with E-state index in [-0.39, 0.29) is 12.1 Å². The van der Waals surface area contributed by atoms with Crippen LogP contribution in [0.15, 0.2) is 12.2 Å². The van der Waals surface area contributed by atoms with E-state index < -0.39 is 0 Å². The Bertz CT molecular complexity index is 312. The van der Waals surface area contributed by atoms with E-state index in [2.05, 4.69) is 26.0 Å². The van der Waals surface area contributed by atoms with E-state index in [1.807, 2.05) is 0 Å². The molecule has 0 rings (SSSR count). The molecule has 148 valence electrons. The molecule has 0 aromatic heterocycles. The van der Waals surface area contributed by atoms with Crippen LogP contribution in [0.5, 0.6) is 0 Å². The van der Waals surface area contributed by atoms with Crippen LogP contribution in [0.2, 0.25) is 0 Å². The Morgan fingerprint density at radius 1 is 0.880 bits per heavy atom. The molecule has 0 spiro atoms. The first-order valence-electron chi connectivity index (χ1n) is 10.7. The lowest BCUT2D eigenvalue weighted by atomic mass is 10.1. The van der Waals surface area contributed by atoms with Crippen molar-refractivity contribution in [3.8, 4) is 0 Å². The highest BCUT2D eigenvalue weighted by molar-refractivity contribution is 5.69. The van der Waals surface area contributed by atoms with Crippen LogP contribution in [0.1, 0.15) is 110 Å². The summed E-state index contributed by atoms with van der Waals surface area (Å²) in [6.07, 6.45) is 20.2. The van der Waals surface area contributed by atoms with E-state index in [1.165, 1.54) is 38.5 Å². The highest BCUT2D eigenvalue weighted by Crippen LogP contribution is 2.10. The number of aliphatic hydroxyl groups is 1. The van der Waals surface area contributed by atoms with Gasteiger partial charge in [-0.15, -0.1) is 0 Å². The van der Waals surface area contributed by atoms with Crippen LogP contribution in [-0.4, -0.2) is 23.8 Å². The van der Waals surface area contributed by atoms with Crippen molar-refractivity contribution in [2.45, 2.75) is 116 Å². The van der Waals surface area contributed by atoms with Gasteiger partial charge in [-0.05, 0) is 38.5 Å². The molecular formula is C22H42O3. The standard InChI is InChI=1S/C22H42O3/c1-3-5-7-14-17-21(23)18-15-12-10-8-9-11-13-16-19-22(24)25-20-6-4-2/h12,15,21,23H,3-11,13-14,16-20H2,1-2H3/b15-12+/t21-/m1/s1. The zero-order valence-electron chi connectivity index (χ0n) is 16.8. The third-order valence-corrected chi connectivity index (χ3v) is 4.48. The molecule has 0 unspecified atom stereocenters. The van der Waals surface area contributed by atoms with Crippen LogP contribution >= 0.6 is 0 Å². The molecule has 0 fully saturated rings. The number of aliphatic hydroxyl groups excluding tert-OH is 1. The zero-order chi connectivity index (χ0) is 18.6. The number of hydrogen-bond acceptors (Lipinski definition) is 3. The van der Waals surface area contributed by atoms with Gasteiger partial charge >= 0.3 is 5.97 Å². The Morgan fingerprint density at radius 2 is 1.56 bits per heavy atom. The molecule has 0 aliphatic heterocycles. The maximum absolute atomic E-state index is 11.4. The largest absolute Gasteiger partial charge is 0.466 e. The molecule has 0 radical (unpaired) electrons. The lowest BCUT2D eigenvalue weighted by molar-refractivity contribution is -0.143. The second kappa shape index (κ2) is 19.5. The fraction of sp³-hybridized carbons (Fsp3) is 0.864. The summed E-state index contributed by atoms with van der Waals surface area (Å²) in [5.41, 5.74) is 0. The smallest absolute Gasteiger partial charge is 0.305 e. The second-order valence-corrected chi connectivity index (χ2v) is 7.09. The van der Waals surface area contributed by atoms with Crippen molar-refractivity contribution in [1.29, 1.82) is 0 Å². The fourth-order valence-electron chi connectivity index (χ4n) is 2.76. The minimum absolute atomic E-state index is 0.0374. The first-order valence-corrected chi connectivity index (χ1v) is 10.7. The van der Waals surface area contributed by atoms with Gasteiger partial charge in [0.15, 0.2) is 0 Å². The number of ether oxygens (including phenoxy) is 1. The van der Waals surface area contributed by atoms with Gasteiger partial charge in [0.2, 0.25) is 0 Å². The average Bonchev–Trinajstić information content (AvgIpc) is 2.60. The number of esters is 1. The maximum Gasteiger partial charge on any atom is 0.305 e. The number of unbranched alkanes of at least 4 members (excludes halogenated alkanes) is 9. The van der Waals surface area contributed by atoms with E-state index in [4.69, 9.17) is 4.74 Å². The summed E-state index contributed by atoms with van der Waals surface area (Å²) in [5.74, 6) is -0.0374. The second-order valence-electron chi connectivity index (χ2n) is 7.09. The predicted molar refractivity (Wildman–Crippen MR) is 107 cm³/mol. The Labute approximate surface area is 156 Å². The van der Waals surface area contributed by atoms with Crippen molar-refractivity contribution in [2.24, 2.45) is 0 Å². The average molecular weight is 355 g/mol. The van der Waals surface area contributed by atoms with Crippen LogP contribution in [0.3, 0.4) is 0 Å². The first-order chi connectivity index (χ1) is 12.2. The number of carbonyl (C=O) groups is 1. The van der Waals surface area contributed by atoms with Crippen LogP contribution in [0.4, 0.5) is 0 Å². The minimum Gasteiger partial charge on any atom is -0.466 e. The third-order valence-electron chi connectivity index (χ3n) is 4.48. The summed E-state index contributed by atoms with van der Waals surface area (Å²) in [5, 5.41) is 9.87. The van der Waals surface area contributed by atoms with Gasteiger partial charge in [-0.2, -0.15) is 0 Å². The van der Waals surface area contributed by atoms with Crippen LogP contribution in [-0.2, 0) is 9.53 Å². The topological polar surface area (TPSA) is 46.5 Å². The van der Waals surface area contributed by atoms with Crippen molar-refractivity contribution in [1.82, 2.24) is 0 Å². The van der Waals surface area contributed by atoms with Crippen LogP contribution < -0.4 is 0 Å². The SMILES string of the molecule is CCCCCC[C@@H](O)C/C=C/CCCCCCCC(=O)OCCCC. The normalized spacial score (nSPS) is 12.6. The highest BCUT2D eigenvalue weighted by atomic mass is 16.5. The number of allylic oxidation sites excluding steroid dienone is 1. The van der Waals surface area contributed by atoms with Crippen LogP contribution in [0, 0.1) is 0 Å². The maximum atomic E-state index is 11.4. The Morgan fingerprint density at radius 3 is 2.32 bits per heavy atom. The molecule has 3 nitrogen and oxygen atoms in total. The van der Waals surface area contributed by atoms with Gasteiger partial charge in [0.25, 0.3) is 0 Å². The summed E-state index contributed by atoms with van der Waals surface area (Å²) in [7, 11) is 0. The van der Waals surface area contributed by atoms with Gasteiger partial charge in [-0.3, -0.25) is 4.79 Å². The Hall–Kier alpha value is -0.830. The fourth-order valence-corrected chi connectivity index (χ4v) is 2.76. The van der Waals surface area contributed by atoms with Crippen molar-refractivity contribution >= 4 is 5.97 Å². The molecule has 1 atom stereocenters. The highest BCUT2D eigenvalue weighted by Gasteiger charge is 2.02. The van der Waals surface area contributed by atoms with Crippen molar-refractivity contribution < 1.29 is 14.6 Å². The molecule has 0 aliphatic carbocycles. The predicted octanol–water partition coefficient (Wildman–Crippen LogP) is 6.34. The number of carbonyl (C=O) groups excluding carboxylic acids is 1. The van der Waals surface area contributed by atoms with E-state index >= 15 is 0 Å². The Balaban J connectivity index is 3.30. The molecule has 0 bridgehead atoms. The van der Waals surface area contributed by atoms with Gasteiger partial charge in [-0.25, -0.2) is 0 Å². The van der Waals surface area contributed by atoms with Crippen molar-refractivity contribution in [2.75, 3.05) is 6.61 Å². The Kier molecular flexibility index (Phi) is 18.8. The number of hydrogen-bond donors (Lipinski definition) is 1. The summed E-state index contributed by atoms with van der Waals surface area (Å²) >= 11 is 0. The minimum atomic E-state index is -0.162. The van der Waals surface area contributed by atoms with E-state index in [0.717, 1.165) is 51.4 Å². The van der Waals surface area contributed by atoms with E-state index in [0.29, 0.717) is 13.0 Å². The molecule has 1 N–H and O–H groups in total. The zero-order valence-corrected chi connectivity index (χ0v) is 16.8. The van der Waals surface area contributed by atoms with Gasteiger partial charge in [-0.1, -0.05) is 77.4 Å². The van der Waals surface area contributed by atoms with Gasteiger partial charge < -0.3 is 9.84 Å². The summed E-state index contributed by atoms with van der Waals surface area (Å²) < 4.78 is 5.14. The third kappa shape index (κ3) is 19.3. The number of rotatable bonds is 18. The van der Waals surface area contributed by atoms with Crippen molar-refractivity contribution in [3.05, 3.63) is 12.2 Å². The molecule has 0 aromatic rings. The van der Waals surface area contributed by atoms with Crippen molar-refractivity contribution in [3.63, 3.8) is 0 Å². The van der Waals surface area contributed by atoms with E-state index in [1.54, 1.807) is 0 Å². The summed E-state index contributed by atoms with van der Waals surface area (Å²) in [6, 6.07) is 0. The first kappa shape index (κ1) is 24.2. The van der Waals surface area contributed by atoms with E-state index in [9.17, 15) is 9.90 Å². The molecule has 0 saturated carbocycles. The van der Waals surface area contributed by atoms with Gasteiger partial charge in [0.05, 0.1) is 12.7 Å². The molecule has 3 heteroatoms. The van der Waals surface area contributed by atoms with Crippen LogP contribution in [0.25, 0.3) is 0 Å². The lowest BCUT2D eigenvalue weighted by Gasteiger charge is -2.07.